The SMILES string of the molecule is CSCCC(NC(=O)OC(C)(C)C)C(=O)NCC1CCC(C(=O)NC(CCC(N)=O)C(=O)O)CC1. The van der Waals surface area contributed by atoms with Crippen LogP contribution in [0.25, 0.3) is 0 Å². The molecular formula is C23H40N4O7S. The number of thioether (sulfide) groups is 1. The quantitative estimate of drug-likeness (QED) is 0.244. The fourth-order valence-corrected chi connectivity index (χ4v) is 4.26. The van der Waals surface area contributed by atoms with Crippen molar-refractivity contribution in [3.63, 3.8) is 0 Å². The second kappa shape index (κ2) is 14.8. The summed E-state index contributed by atoms with van der Waals surface area (Å²) < 4.78 is 5.26. The molecule has 0 saturated heterocycles. The number of hydrogen-bond donors (Lipinski definition) is 5. The molecule has 35 heavy (non-hydrogen) atoms. The van der Waals surface area contributed by atoms with E-state index in [1.54, 1.807) is 32.5 Å². The van der Waals surface area contributed by atoms with E-state index in [9.17, 15) is 29.1 Å². The maximum absolute atomic E-state index is 12.7. The number of nitrogens with one attached hydrogen (secondary N) is 3. The van der Waals surface area contributed by atoms with Crippen LogP contribution < -0.4 is 21.7 Å². The minimum Gasteiger partial charge on any atom is -0.480 e. The van der Waals surface area contributed by atoms with Gasteiger partial charge in [0.25, 0.3) is 0 Å². The number of aliphatic carboxylic acids is 1. The average Bonchev–Trinajstić information content (AvgIpc) is 2.76. The van der Waals surface area contributed by atoms with Crippen LogP contribution in [0, 0.1) is 11.8 Å². The zero-order valence-electron chi connectivity index (χ0n) is 21.1. The smallest absolute Gasteiger partial charge is 0.408 e. The van der Waals surface area contributed by atoms with E-state index >= 15 is 0 Å². The number of hydrogen-bond acceptors (Lipinski definition) is 7. The van der Waals surface area contributed by atoms with E-state index < -0.39 is 35.7 Å². The molecule has 1 aliphatic rings. The van der Waals surface area contributed by atoms with Crippen molar-refractivity contribution in [2.75, 3.05) is 18.6 Å². The van der Waals surface area contributed by atoms with Gasteiger partial charge < -0.3 is 31.5 Å². The molecule has 6 N–H and O–H groups in total. The van der Waals surface area contributed by atoms with Gasteiger partial charge in [0.1, 0.15) is 17.7 Å². The fraction of sp³-hybridized carbons (Fsp3) is 0.783. The van der Waals surface area contributed by atoms with Crippen LogP contribution in [0.4, 0.5) is 4.79 Å². The van der Waals surface area contributed by atoms with Gasteiger partial charge in [-0.25, -0.2) is 9.59 Å². The minimum atomic E-state index is -1.20. The molecule has 0 radical (unpaired) electrons. The third-order valence-electron chi connectivity index (χ3n) is 5.69. The number of amides is 4. The number of carboxylic acids is 1. The Morgan fingerprint density at radius 3 is 2.17 bits per heavy atom. The number of carbonyl (C=O) groups excluding carboxylic acids is 4. The number of nitrogens with two attached hydrogens (primary N) is 1. The lowest BCUT2D eigenvalue weighted by Crippen LogP contribution is -2.49. The second-order valence-corrected chi connectivity index (χ2v) is 10.8. The molecule has 11 nitrogen and oxygen atoms in total. The summed E-state index contributed by atoms with van der Waals surface area (Å²) in [6.07, 6.45) is 4.13. The summed E-state index contributed by atoms with van der Waals surface area (Å²) in [6.45, 7) is 5.69. The highest BCUT2D eigenvalue weighted by molar-refractivity contribution is 7.98. The van der Waals surface area contributed by atoms with Crippen LogP contribution in [0.3, 0.4) is 0 Å². The molecule has 2 atom stereocenters. The average molecular weight is 517 g/mol. The molecular weight excluding hydrogens is 476 g/mol. The molecule has 12 heteroatoms. The van der Waals surface area contributed by atoms with Crippen LogP contribution in [-0.2, 0) is 23.9 Å². The van der Waals surface area contributed by atoms with Gasteiger partial charge in [0, 0.05) is 18.9 Å². The first kappa shape index (κ1) is 30.5. The number of primary amides is 1. The summed E-state index contributed by atoms with van der Waals surface area (Å²) in [5.41, 5.74) is 4.40. The number of rotatable bonds is 13. The van der Waals surface area contributed by atoms with Gasteiger partial charge in [-0.15, -0.1) is 0 Å². The summed E-state index contributed by atoms with van der Waals surface area (Å²) in [5, 5.41) is 17.3. The van der Waals surface area contributed by atoms with Gasteiger partial charge in [0.05, 0.1) is 0 Å². The zero-order valence-corrected chi connectivity index (χ0v) is 21.9. The highest BCUT2D eigenvalue weighted by Gasteiger charge is 2.30. The number of carboxylic acid groups (broad SMARTS) is 1. The third-order valence-corrected chi connectivity index (χ3v) is 6.34. The molecule has 0 aliphatic heterocycles. The molecule has 0 heterocycles. The lowest BCUT2D eigenvalue weighted by molar-refractivity contribution is -0.143. The van der Waals surface area contributed by atoms with Gasteiger partial charge in [0.2, 0.25) is 17.7 Å². The summed E-state index contributed by atoms with van der Waals surface area (Å²) in [7, 11) is 0. The Morgan fingerprint density at radius 2 is 1.66 bits per heavy atom. The highest BCUT2D eigenvalue weighted by atomic mass is 32.2. The summed E-state index contributed by atoms with van der Waals surface area (Å²) in [4.78, 5) is 59.6. The lowest BCUT2D eigenvalue weighted by atomic mass is 9.81. The van der Waals surface area contributed by atoms with Crippen LogP contribution >= 0.6 is 11.8 Å². The monoisotopic (exact) mass is 516 g/mol. The first-order chi connectivity index (χ1) is 16.3. The van der Waals surface area contributed by atoms with Crippen molar-refractivity contribution in [1.29, 1.82) is 0 Å². The van der Waals surface area contributed by atoms with Gasteiger partial charge in [-0.3, -0.25) is 14.4 Å². The number of carbonyl (C=O) groups is 5. The predicted octanol–water partition coefficient (Wildman–Crippen LogP) is 1.39. The topological polar surface area (TPSA) is 177 Å². The Morgan fingerprint density at radius 1 is 1.03 bits per heavy atom. The van der Waals surface area contributed by atoms with Gasteiger partial charge in [-0.05, 0) is 77.2 Å². The Hall–Kier alpha value is -2.50. The summed E-state index contributed by atoms with van der Waals surface area (Å²) >= 11 is 1.58. The van der Waals surface area contributed by atoms with Crippen LogP contribution in [-0.4, -0.2) is 71.1 Å². The Bertz CT molecular complexity index is 749. The van der Waals surface area contributed by atoms with Crippen LogP contribution in [0.1, 0.15) is 65.7 Å². The normalized spacial score (nSPS) is 19.7. The van der Waals surface area contributed by atoms with Crippen molar-refractivity contribution >= 4 is 41.5 Å². The molecule has 200 valence electrons. The van der Waals surface area contributed by atoms with Crippen LogP contribution in [0.2, 0.25) is 0 Å². The Labute approximate surface area is 211 Å². The zero-order chi connectivity index (χ0) is 26.6. The number of ether oxygens (including phenoxy) is 1. The molecule has 0 aromatic heterocycles. The van der Waals surface area contributed by atoms with Crippen molar-refractivity contribution in [3.8, 4) is 0 Å². The summed E-state index contributed by atoms with van der Waals surface area (Å²) in [5.74, 6) is -1.88. The van der Waals surface area contributed by atoms with Crippen LogP contribution in [0.5, 0.6) is 0 Å². The maximum atomic E-state index is 12.7. The molecule has 0 spiro atoms. The van der Waals surface area contributed by atoms with Crippen molar-refractivity contribution in [2.24, 2.45) is 17.6 Å². The Balaban J connectivity index is 2.51. The van der Waals surface area contributed by atoms with Gasteiger partial charge >= 0.3 is 12.1 Å². The fourth-order valence-electron chi connectivity index (χ4n) is 3.78. The minimum absolute atomic E-state index is 0.0488. The molecule has 1 rings (SSSR count). The predicted molar refractivity (Wildman–Crippen MR) is 133 cm³/mol. The molecule has 1 saturated carbocycles. The van der Waals surface area contributed by atoms with Gasteiger partial charge in [-0.2, -0.15) is 11.8 Å². The van der Waals surface area contributed by atoms with E-state index in [0.29, 0.717) is 44.4 Å². The van der Waals surface area contributed by atoms with E-state index in [1.807, 2.05) is 6.26 Å². The highest BCUT2D eigenvalue weighted by Crippen LogP contribution is 2.28. The van der Waals surface area contributed by atoms with Crippen LogP contribution in [0.15, 0.2) is 0 Å². The molecule has 4 amide bonds. The van der Waals surface area contributed by atoms with E-state index in [-0.39, 0.29) is 36.5 Å². The maximum Gasteiger partial charge on any atom is 0.408 e. The Kier molecular flexibility index (Phi) is 12.9. The largest absolute Gasteiger partial charge is 0.480 e. The van der Waals surface area contributed by atoms with Crippen molar-refractivity contribution in [2.45, 2.75) is 83.4 Å². The van der Waals surface area contributed by atoms with Crippen molar-refractivity contribution in [1.82, 2.24) is 16.0 Å². The van der Waals surface area contributed by atoms with Gasteiger partial charge in [-0.1, -0.05) is 0 Å². The molecule has 2 unspecified atom stereocenters. The molecule has 0 aromatic rings. The lowest BCUT2D eigenvalue weighted by Gasteiger charge is -2.29. The van der Waals surface area contributed by atoms with E-state index in [0.717, 1.165) is 0 Å². The van der Waals surface area contributed by atoms with E-state index in [4.69, 9.17) is 10.5 Å². The van der Waals surface area contributed by atoms with Crippen molar-refractivity contribution < 1.29 is 33.8 Å². The first-order valence-corrected chi connectivity index (χ1v) is 13.3. The number of alkyl carbamates (subject to hydrolysis) is 1. The molecule has 0 bridgehead atoms. The standard InChI is InChI=1S/C23H40N4O7S/c1-23(2,3)34-22(33)27-16(11-12-35-4)20(30)25-13-14-5-7-15(8-6-14)19(29)26-17(21(31)32)9-10-18(24)28/h14-17H,5-13H2,1-4H3,(H2,24,28)(H,25,30)(H,26,29)(H,27,33)(H,31,32). The molecule has 0 aromatic carbocycles. The van der Waals surface area contributed by atoms with E-state index in [2.05, 4.69) is 16.0 Å². The molecule has 1 fully saturated rings. The van der Waals surface area contributed by atoms with Crippen molar-refractivity contribution in [3.05, 3.63) is 0 Å². The summed E-state index contributed by atoms with van der Waals surface area (Å²) in [6, 6.07) is -1.85. The molecule has 1 aliphatic carbocycles. The first-order valence-electron chi connectivity index (χ1n) is 11.9. The van der Waals surface area contributed by atoms with E-state index in [1.165, 1.54) is 0 Å². The second-order valence-electron chi connectivity index (χ2n) is 9.85. The van der Waals surface area contributed by atoms with Gasteiger partial charge in [0.15, 0.2) is 0 Å². The third kappa shape index (κ3) is 12.7.